The summed E-state index contributed by atoms with van der Waals surface area (Å²) in [7, 11) is 3.41. The fraction of sp³-hybridized carbons (Fsp3) is 0.444. The van der Waals surface area contributed by atoms with Gasteiger partial charge < -0.3 is 14.4 Å². The number of carbonyl (C=O) groups is 1. The number of ether oxygens (including phenoxy) is 2. The second-order valence-corrected chi connectivity index (χ2v) is 7.87. The van der Waals surface area contributed by atoms with Crippen molar-refractivity contribution in [3.8, 4) is 5.75 Å². The van der Waals surface area contributed by atoms with Crippen LogP contribution in [0.15, 0.2) is 47.3 Å². The molecule has 2 rings (SSSR count). The monoisotopic (exact) mass is 441 g/mol. The van der Waals surface area contributed by atoms with Gasteiger partial charge in [-0.3, -0.25) is 0 Å². The Morgan fingerprint density at radius 1 is 1.16 bits per heavy atom. The van der Waals surface area contributed by atoms with Crippen LogP contribution < -0.4 is 4.74 Å². The summed E-state index contributed by atoms with van der Waals surface area (Å²) in [4.78, 5) is 14.0. The summed E-state index contributed by atoms with van der Waals surface area (Å²) < 4.78 is 25.8. The van der Waals surface area contributed by atoms with Gasteiger partial charge in [-0.05, 0) is 50.8 Å². The first-order valence-corrected chi connectivity index (χ1v) is 11.4. The Labute approximate surface area is 192 Å². The van der Waals surface area contributed by atoms with Gasteiger partial charge in [0.2, 0.25) is 0 Å². The number of halogens is 1. The molecule has 1 aliphatic rings. The molecule has 0 bridgehead atoms. The predicted molar refractivity (Wildman–Crippen MR) is 130 cm³/mol. The normalized spacial score (nSPS) is 14.5. The zero-order chi connectivity index (χ0) is 23.7. The van der Waals surface area contributed by atoms with Crippen LogP contribution in [0, 0.1) is 5.82 Å². The maximum atomic E-state index is 15.5. The van der Waals surface area contributed by atoms with E-state index in [1.807, 2.05) is 13.0 Å². The van der Waals surface area contributed by atoms with Crippen molar-refractivity contribution in [2.24, 2.45) is 0 Å². The highest BCUT2D eigenvalue weighted by Gasteiger charge is 2.23. The summed E-state index contributed by atoms with van der Waals surface area (Å²) in [6, 6.07) is 3.53. The van der Waals surface area contributed by atoms with Crippen molar-refractivity contribution in [3.05, 3.63) is 64.3 Å². The number of unbranched alkanes of at least 4 members (excludes halogenated alkanes) is 1. The van der Waals surface area contributed by atoms with Crippen molar-refractivity contribution in [2.45, 2.75) is 59.8 Å². The maximum absolute atomic E-state index is 15.5. The van der Waals surface area contributed by atoms with Gasteiger partial charge in [0.1, 0.15) is 6.61 Å². The molecule has 5 heteroatoms. The highest BCUT2D eigenvalue weighted by Crippen LogP contribution is 2.35. The SMILES string of the molecule is C/C=C(/CCCC)N(C)/C(=C\C(=C/C)c1ccc2c(c1F)OCC(C(=O)OC)=C2)CCC. The van der Waals surface area contributed by atoms with Gasteiger partial charge in [-0.1, -0.05) is 51.0 Å². The lowest BCUT2D eigenvalue weighted by Gasteiger charge is -2.26. The molecule has 0 atom stereocenters. The third kappa shape index (κ3) is 5.90. The zero-order valence-electron chi connectivity index (χ0n) is 20.3. The number of allylic oxidation sites excluding steroid dienone is 6. The van der Waals surface area contributed by atoms with Crippen molar-refractivity contribution in [2.75, 3.05) is 20.8 Å². The molecule has 0 spiro atoms. The maximum Gasteiger partial charge on any atom is 0.337 e. The van der Waals surface area contributed by atoms with E-state index in [2.05, 4.69) is 44.9 Å². The molecule has 0 aliphatic carbocycles. The molecule has 0 unspecified atom stereocenters. The fourth-order valence-electron chi connectivity index (χ4n) is 3.82. The molecular formula is C27H36FNO3. The van der Waals surface area contributed by atoms with Crippen LogP contribution in [0.2, 0.25) is 0 Å². The van der Waals surface area contributed by atoms with Crippen LogP contribution in [0.1, 0.15) is 70.9 Å². The lowest BCUT2D eigenvalue weighted by atomic mass is 9.98. The third-order valence-electron chi connectivity index (χ3n) is 5.71. The molecule has 1 heterocycles. The Bertz CT molecular complexity index is 940. The van der Waals surface area contributed by atoms with Crippen LogP contribution in [0.4, 0.5) is 4.39 Å². The molecule has 4 nitrogen and oxygen atoms in total. The number of hydrogen-bond donors (Lipinski definition) is 0. The molecule has 0 saturated carbocycles. The molecule has 0 N–H and O–H groups in total. The Balaban J connectivity index is 2.43. The van der Waals surface area contributed by atoms with Gasteiger partial charge in [0.15, 0.2) is 11.6 Å². The van der Waals surface area contributed by atoms with E-state index < -0.39 is 11.8 Å². The third-order valence-corrected chi connectivity index (χ3v) is 5.71. The standard InChI is InChI=1S/C27H36FNO3/c1-7-11-13-22(10-4)29(5)23(12-8-2)17-19(9-3)24-15-14-20-16-21(27(30)31-6)18-32-26(20)25(24)28/h9-10,14-17H,7-8,11-13,18H2,1-6H3/b19-9+,22-10-,23-17-. The minimum absolute atomic E-state index is 0.00698. The van der Waals surface area contributed by atoms with Gasteiger partial charge in [0.25, 0.3) is 0 Å². The molecule has 0 aromatic heterocycles. The van der Waals surface area contributed by atoms with E-state index in [0.29, 0.717) is 16.7 Å². The van der Waals surface area contributed by atoms with Gasteiger partial charge in [0, 0.05) is 29.6 Å². The largest absolute Gasteiger partial charge is 0.485 e. The number of hydrogen-bond acceptors (Lipinski definition) is 4. The van der Waals surface area contributed by atoms with Crippen molar-refractivity contribution in [1.82, 2.24) is 4.90 Å². The Kier molecular flexibility index (Phi) is 9.76. The predicted octanol–water partition coefficient (Wildman–Crippen LogP) is 6.89. The van der Waals surface area contributed by atoms with Crippen LogP contribution in [0.5, 0.6) is 5.75 Å². The van der Waals surface area contributed by atoms with E-state index in [1.165, 1.54) is 12.8 Å². The second kappa shape index (κ2) is 12.3. The molecule has 1 aromatic carbocycles. The summed E-state index contributed by atoms with van der Waals surface area (Å²) in [6.45, 7) is 8.32. The van der Waals surface area contributed by atoms with Gasteiger partial charge in [-0.2, -0.15) is 0 Å². The Morgan fingerprint density at radius 2 is 1.91 bits per heavy atom. The van der Waals surface area contributed by atoms with Gasteiger partial charge in [-0.25, -0.2) is 9.18 Å². The quantitative estimate of drug-likeness (QED) is 0.293. The van der Waals surface area contributed by atoms with Crippen molar-refractivity contribution in [1.29, 1.82) is 0 Å². The Morgan fingerprint density at radius 3 is 2.50 bits per heavy atom. The first-order chi connectivity index (χ1) is 15.4. The van der Waals surface area contributed by atoms with Crippen molar-refractivity contribution in [3.63, 3.8) is 0 Å². The van der Waals surface area contributed by atoms with E-state index >= 15 is 4.39 Å². The van der Waals surface area contributed by atoms with Crippen molar-refractivity contribution < 1.29 is 18.7 Å². The first-order valence-electron chi connectivity index (χ1n) is 11.4. The number of fused-ring (bicyclic) bond motifs is 1. The fourth-order valence-corrected chi connectivity index (χ4v) is 3.82. The molecule has 0 fully saturated rings. The van der Waals surface area contributed by atoms with E-state index in [9.17, 15) is 4.79 Å². The lowest BCUT2D eigenvalue weighted by Crippen LogP contribution is -2.18. The van der Waals surface area contributed by atoms with Crippen molar-refractivity contribution >= 4 is 17.6 Å². The average molecular weight is 442 g/mol. The Hall–Kier alpha value is -2.82. The molecular weight excluding hydrogens is 405 g/mol. The average Bonchev–Trinajstić information content (AvgIpc) is 2.82. The minimum atomic E-state index is -0.465. The lowest BCUT2D eigenvalue weighted by molar-refractivity contribution is -0.136. The molecule has 1 aliphatic heterocycles. The molecule has 32 heavy (non-hydrogen) atoms. The molecule has 1 aromatic rings. The minimum Gasteiger partial charge on any atom is -0.485 e. The van der Waals surface area contributed by atoms with E-state index in [-0.39, 0.29) is 12.4 Å². The summed E-state index contributed by atoms with van der Waals surface area (Å²) in [5.74, 6) is -0.708. The highest BCUT2D eigenvalue weighted by atomic mass is 19.1. The number of rotatable bonds is 10. The van der Waals surface area contributed by atoms with Crippen LogP contribution in [-0.2, 0) is 9.53 Å². The number of nitrogens with zero attached hydrogens (tertiary/aromatic N) is 1. The zero-order valence-corrected chi connectivity index (χ0v) is 20.3. The second-order valence-electron chi connectivity index (χ2n) is 7.87. The summed E-state index contributed by atoms with van der Waals surface area (Å²) in [5, 5.41) is 0. The first kappa shape index (κ1) is 25.4. The molecule has 174 valence electrons. The highest BCUT2D eigenvalue weighted by molar-refractivity contribution is 5.95. The van der Waals surface area contributed by atoms with Gasteiger partial charge in [0.05, 0.1) is 12.7 Å². The number of carbonyl (C=O) groups excluding carboxylic acids is 1. The van der Waals surface area contributed by atoms with E-state index in [4.69, 9.17) is 9.47 Å². The molecule has 0 saturated heterocycles. The number of benzene rings is 1. The van der Waals surface area contributed by atoms with E-state index in [1.54, 1.807) is 18.2 Å². The van der Waals surface area contributed by atoms with Gasteiger partial charge >= 0.3 is 5.97 Å². The van der Waals surface area contributed by atoms with Gasteiger partial charge in [-0.15, -0.1) is 0 Å². The summed E-state index contributed by atoms with van der Waals surface area (Å²) in [5.41, 5.74) is 4.62. The van der Waals surface area contributed by atoms with Crippen LogP contribution >= 0.6 is 0 Å². The number of methoxy groups -OCH3 is 1. The van der Waals surface area contributed by atoms with E-state index in [0.717, 1.165) is 43.4 Å². The summed E-state index contributed by atoms with van der Waals surface area (Å²) >= 11 is 0. The van der Waals surface area contributed by atoms with Crippen LogP contribution in [0.25, 0.3) is 11.6 Å². The number of esters is 1. The van der Waals surface area contributed by atoms with Crippen LogP contribution in [-0.4, -0.2) is 31.6 Å². The summed E-state index contributed by atoms with van der Waals surface area (Å²) in [6.07, 6.45) is 13.0. The van der Waals surface area contributed by atoms with Crippen LogP contribution in [0.3, 0.4) is 0 Å². The smallest absolute Gasteiger partial charge is 0.337 e. The topological polar surface area (TPSA) is 38.8 Å². The molecule has 0 amide bonds. The molecule has 0 radical (unpaired) electrons.